The Kier molecular flexibility index (Phi) is 8.97. The van der Waals surface area contributed by atoms with Gasteiger partial charge in [0, 0.05) is 32.3 Å². The van der Waals surface area contributed by atoms with Crippen molar-refractivity contribution in [2.45, 2.75) is 39.0 Å². The molecule has 2 aliphatic rings. The molecule has 5 rings (SSSR count). The van der Waals surface area contributed by atoms with Crippen LogP contribution in [-0.2, 0) is 11.2 Å². The first kappa shape index (κ1) is 27.7. The predicted octanol–water partition coefficient (Wildman–Crippen LogP) is 6.28. The van der Waals surface area contributed by atoms with Gasteiger partial charge in [0.15, 0.2) is 0 Å². The zero-order chi connectivity index (χ0) is 27.9. The number of aryl methyl sites for hydroxylation is 2. The Balaban J connectivity index is 1.28. The summed E-state index contributed by atoms with van der Waals surface area (Å²) in [4.78, 5) is 13.9. The van der Waals surface area contributed by atoms with Gasteiger partial charge in [-0.25, -0.2) is 4.39 Å². The van der Waals surface area contributed by atoms with E-state index in [1.165, 1.54) is 11.6 Å². The molecule has 2 N–H and O–H groups in total. The van der Waals surface area contributed by atoms with Gasteiger partial charge in [-0.15, -0.1) is 0 Å². The number of halogens is 1. The summed E-state index contributed by atoms with van der Waals surface area (Å²) in [5.41, 5.74) is 7.56. The highest BCUT2D eigenvalue weighted by atomic mass is 19.1. The monoisotopic (exact) mass is 540 g/mol. The van der Waals surface area contributed by atoms with Crippen molar-refractivity contribution in [3.8, 4) is 11.5 Å². The summed E-state index contributed by atoms with van der Waals surface area (Å²) in [6, 6.07) is 18.7. The second-order valence-corrected chi connectivity index (χ2v) is 10.5. The number of carbonyl (C=O) groups excluding carboxylic acids is 1. The molecular weight excluding hydrogens is 503 g/mol. The van der Waals surface area contributed by atoms with Gasteiger partial charge in [-0.1, -0.05) is 30.3 Å². The van der Waals surface area contributed by atoms with Gasteiger partial charge in [0.05, 0.1) is 0 Å². The molecule has 1 saturated heterocycles. The van der Waals surface area contributed by atoms with Gasteiger partial charge >= 0.3 is 0 Å². The van der Waals surface area contributed by atoms with E-state index in [1.54, 1.807) is 18.2 Å². The van der Waals surface area contributed by atoms with Crippen LogP contribution < -0.4 is 10.1 Å². The van der Waals surface area contributed by atoms with Crippen LogP contribution in [0.2, 0.25) is 0 Å². The number of rotatable bonds is 9. The maximum atomic E-state index is 13.9. The van der Waals surface area contributed by atoms with E-state index in [9.17, 15) is 14.3 Å². The molecule has 0 radical (unpaired) electrons. The predicted molar refractivity (Wildman–Crippen MR) is 158 cm³/mol. The number of nitrogens with zero attached hydrogens (tertiary/aromatic N) is 1. The fraction of sp³-hybridized carbons (Fsp3) is 0.324. The second kappa shape index (κ2) is 13.0. The highest BCUT2D eigenvalue weighted by Gasteiger charge is 2.22. The zero-order valence-electron chi connectivity index (χ0n) is 23.1. The molecule has 3 aromatic rings. The Hall–Kier alpha value is -3.90. The van der Waals surface area contributed by atoms with Crippen LogP contribution in [-0.4, -0.2) is 48.7 Å². The summed E-state index contributed by atoms with van der Waals surface area (Å²) in [6.07, 6.45) is 8.39. The summed E-state index contributed by atoms with van der Waals surface area (Å²) in [5, 5.41) is 13.4. The van der Waals surface area contributed by atoms with Crippen LogP contribution in [0.5, 0.6) is 11.5 Å². The third-order valence-corrected chi connectivity index (χ3v) is 7.68. The highest BCUT2D eigenvalue weighted by molar-refractivity contribution is 6.00. The van der Waals surface area contributed by atoms with Crippen LogP contribution in [0.4, 0.5) is 4.39 Å². The quantitative estimate of drug-likeness (QED) is 0.248. The second-order valence-electron chi connectivity index (χ2n) is 10.5. The third kappa shape index (κ3) is 6.62. The van der Waals surface area contributed by atoms with E-state index in [4.69, 9.17) is 4.74 Å². The lowest BCUT2D eigenvalue weighted by Gasteiger charge is -2.18. The number of nitrogens with one attached hydrogen (secondary N) is 1. The molecular formula is C34H37FN2O3. The SMILES string of the molecule is Cc1cc(F)ccc1C1=C(c2ccc(OCCNC/C=C/C(=O)N3CCCC3)cc2)c2ccc(O)cc2CCC1. The molecule has 0 spiro atoms. The lowest BCUT2D eigenvalue weighted by atomic mass is 9.86. The van der Waals surface area contributed by atoms with Crippen molar-refractivity contribution in [3.05, 3.63) is 106 Å². The smallest absolute Gasteiger partial charge is 0.246 e. The molecule has 208 valence electrons. The Morgan fingerprint density at radius 3 is 2.55 bits per heavy atom. The lowest BCUT2D eigenvalue weighted by molar-refractivity contribution is -0.125. The molecule has 40 heavy (non-hydrogen) atoms. The Bertz CT molecular complexity index is 1410. The molecule has 0 saturated carbocycles. The molecule has 0 aromatic heterocycles. The van der Waals surface area contributed by atoms with Crippen LogP contribution in [0, 0.1) is 12.7 Å². The van der Waals surface area contributed by atoms with Crippen molar-refractivity contribution in [3.63, 3.8) is 0 Å². The number of hydrogen-bond acceptors (Lipinski definition) is 4. The molecule has 0 unspecified atom stereocenters. The number of allylic oxidation sites excluding steroid dienone is 1. The van der Waals surface area contributed by atoms with Crippen molar-refractivity contribution in [2.75, 3.05) is 32.8 Å². The zero-order valence-corrected chi connectivity index (χ0v) is 23.1. The van der Waals surface area contributed by atoms with E-state index in [0.29, 0.717) is 19.7 Å². The highest BCUT2D eigenvalue weighted by Crippen LogP contribution is 2.41. The molecule has 0 atom stereocenters. The van der Waals surface area contributed by atoms with E-state index in [1.807, 2.05) is 48.2 Å². The van der Waals surface area contributed by atoms with Gasteiger partial charge in [0.25, 0.3) is 0 Å². The maximum absolute atomic E-state index is 13.9. The number of amides is 1. The first-order chi connectivity index (χ1) is 19.5. The van der Waals surface area contributed by atoms with Crippen LogP contribution in [0.15, 0.2) is 72.8 Å². The molecule has 1 amide bonds. The number of phenolic OH excluding ortho intramolecular Hbond substituents is 1. The molecule has 6 heteroatoms. The number of benzene rings is 3. The van der Waals surface area contributed by atoms with Crippen molar-refractivity contribution in [1.82, 2.24) is 10.2 Å². The van der Waals surface area contributed by atoms with Crippen LogP contribution in [0.3, 0.4) is 0 Å². The van der Waals surface area contributed by atoms with Gasteiger partial charge in [0.1, 0.15) is 23.9 Å². The van der Waals surface area contributed by atoms with Crippen molar-refractivity contribution in [2.24, 2.45) is 0 Å². The van der Waals surface area contributed by atoms with E-state index in [-0.39, 0.29) is 17.5 Å². The molecule has 1 aliphatic heterocycles. The van der Waals surface area contributed by atoms with Crippen molar-refractivity contribution in [1.29, 1.82) is 0 Å². The van der Waals surface area contributed by atoms with Gasteiger partial charge in [-0.05, 0) is 114 Å². The van der Waals surface area contributed by atoms with Crippen LogP contribution in [0.1, 0.15) is 53.5 Å². The molecule has 1 heterocycles. The summed E-state index contributed by atoms with van der Waals surface area (Å²) in [7, 11) is 0. The van der Waals surface area contributed by atoms with E-state index in [0.717, 1.165) is 84.3 Å². The standard InChI is InChI=1S/C34H37FN2O3/c1-24-22-27(35)11-15-30(24)32-7-4-6-26-23-28(38)12-16-31(26)34(32)25-9-13-29(14-10-25)40-21-18-36-17-5-8-33(39)37-19-2-3-20-37/h5,8-16,22-23,36,38H,2-4,6-7,17-21H2,1H3/b8-5+. The summed E-state index contributed by atoms with van der Waals surface area (Å²) < 4.78 is 19.9. The first-order valence-electron chi connectivity index (χ1n) is 14.2. The summed E-state index contributed by atoms with van der Waals surface area (Å²) >= 11 is 0. The molecule has 1 fully saturated rings. The van der Waals surface area contributed by atoms with Gasteiger partial charge in [-0.2, -0.15) is 0 Å². The summed E-state index contributed by atoms with van der Waals surface area (Å²) in [5.74, 6) is 0.914. The number of ether oxygens (including phenoxy) is 1. The largest absolute Gasteiger partial charge is 0.508 e. The minimum Gasteiger partial charge on any atom is -0.508 e. The molecule has 0 bridgehead atoms. The van der Waals surface area contributed by atoms with E-state index < -0.39 is 0 Å². The van der Waals surface area contributed by atoms with Crippen molar-refractivity contribution < 1.29 is 19.0 Å². The topological polar surface area (TPSA) is 61.8 Å². The number of fused-ring (bicyclic) bond motifs is 1. The Morgan fingerprint density at radius 1 is 1.00 bits per heavy atom. The van der Waals surface area contributed by atoms with Crippen molar-refractivity contribution >= 4 is 17.1 Å². The summed E-state index contributed by atoms with van der Waals surface area (Å²) in [6.45, 7) is 5.49. The number of likely N-dealkylation sites (tertiary alicyclic amines) is 1. The van der Waals surface area contributed by atoms with E-state index in [2.05, 4.69) is 17.4 Å². The number of aromatic hydroxyl groups is 1. The van der Waals surface area contributed by atoms with Crippen LogP contribution >= 0.6 is 0 Å². The first-order valence-corrected chi connectivity index (χ1v) is 14.2. The number of carbonyl (C=O) groups is 1. The Morgan fingerprint density at radius 2 is 1.77 bits per heavy atom. The van der Waals surface area contributed by atoms with Gasteiger partial charge in [-0.3, -0.25) is 4.79 Å². The fourth-order valence-corrected chi connectivity index (χ4v) is 5.69. The average Bonchev–Trinajstić information content (AvgIpc) is 3.43. The third-order valence-electron chi connectivity index (χ3n) is 7.68. The fourth-order valence-electron chi connectivity index (χ4n) is 5.69. The van der Waals surface area contributed by atoms with E-state index >= 15 is 0 Å². The van der Waals surface area contributed by atoms with Gasteiger partial charge in [0.2, 0.25) is 5.91 Å². The van der Waals surface area contributed by atoms with Gasteiger partial charge < -0.3 is 20.1 Å². The van der Waals surface area contributed by atoms with Crippen LogP contribution in [0.25, 0.3) is 11.1 Å². The minimum absolute atomic E-state index is 0.0941. The molecule has 5 nitrogen and oxygen atoms in total. The molecule has 1 aliphatic carbocycles. The number of phenols is 1. The minimum atomic E-state index is -0.232. The Labute approximate surface area is 236 Å². The maximum Gasteiger partial charge on any atom is 0.246 e. The number of hydrogen-bond donors (Lipinski definition) is 2. The average molecular weight is 541 g/mol. The normalized spacial score (nSPS) is 15.4. The molecule has 3 aromatic carbocycles. The lowest BCUT2D eigenvalue weighted by Crippen LogP contribution is -2.26.